The molecule has 7 N–H and O–H groups in total. The Hall–Kier alpha value is -4.19. The molecule has 0 aliphatic carbocycles. The number of anilines is 2. The van der Waals surface area contributed by atoms with E-state index in [1.165, 1.54) is 9.63 Å². The van der Waals surface area contributed by atoms with Crippen LogP contribution in [-0.4, -0.2) is 48.6 Å². The van der Waals surface area contributed by atoms with Crippen molar-refractivity contribution >= 4 is 23.5 Å². The summed E-state index contributed by atoms with van der Waals surface area (Å²) < 4.78 is 6.69. The van der Waals surface area contributed by atoms with E-state index in [2.05, 4.69) is 30.5 Å². The number of hydrazone groups is 1. The molecule has 0 spiro atoms. The smallest absolute Gasteiger partial charge is 0.259 e. The van der Waals surface area contributed by atoms with E-state index >= 15 is 0 Å². The lowest BCUT2D eigenvalue weighted by Crippen LogP contribution is -2.30. The van der Waals surface area contributed by atoms with Crippen molar-refractivity contribution < 1.29 is 4.42 Å². The van der Waals surface area contributed by atoms with Gasteiger partial charge in [0.1, 0.15) is 0 Å². The highest BCUT2D eigenvalue weighted by molar-refractivity contribution is 5.97. The van der Waals surface area contributed by atoms with Gasteiger partial charge in [-0.05, 0) is 30.5 Å². The van der Waals surface area contributed by atoms with Crippen LogP contribution in [0.25, 0.3) is 17.4 Å². The fourth-order valence-corrected chi connectivity index (χ4v) is 3.03. The van der Waals surface area contributed by atoms with Crippen molar-refractivity contribution in [3.05, 3.63) is 53.8 Å². The standard InChI is InChI=1S/C20H25N11O/c1-2-11-30(23)28-16(21)14-7-5-13(6-8-14)9-10-24-19-26-18(22)31-20(27-19)25-17(29-31)15-4-3-12-32-15/h3-8,12H,2,9-11,23H2,1H3,(H2,21,28)(H3,22,24,25,26,27,29). The molecule has 3 heterocycles. The van der Waals surface area contributed by atoms with Crippen LogP contribution in [0.2, 0.25) is 0 Å². The number of fused-ring (bicyclic) bond motifs is 1. The maximum atomic E-state index is 6.01. The molecule has 0 atom stereocenters. The van der Waals surface area contributed by atoms with E-state index in [0.29, 0.717) is 42.2 Å². The quantitative estimate of drug-likeness (QED) is 0.129. The molecule has 0 saturated carbocycles. The number of hydrogen-bond donors (Lipinski definition) is 4. The van der Waals surface area contributed by atoms with E-state index in [1.807, 2.05) is 31.2 Å². The number of hydrogen-bond acceptors (Lipinski definition) is 10. The summed E-state index contributed by atoms with van der Waals surface area (Å²) in [6.45, 7) is 3.27. The zero-order chi connectivity index (χ0) is 22.5. The first-order valence-electron chi connectivity index (χ1n) is 10.2. The van der Waals surface area contributed by atoms with E-state index in [0.717, 1.165) is 24.0 Å². The molecular formula is C20H25N11O. The van der Waals surface area contributed by atoms with Gasteiger partial charge in [0, 0.05) is 12.1 Å². The molecular weight excluding hydrogens is 410 g/mol. The second-order valence-corrected chi connectivity index (χ2v) is 7.05. The van der Waals surface area contributed by atoms with Crippen molar-refractivity contribution in [2.24, 2.45) is 16.7 Å². The number of aromatic nitrogens is 5. The molecule has 0 unspecified atom stereocenters. The monoisotopic (exact) mass is 435 g/mol. The zero-order valence-electron chi connectivity index (χ0n) is 17.6. The predicted molar refractivity (Wildman–Crippen MR) is 121 cm³/mol. The van der Waals surface area contributed by atoms with E-state index < -0.39 is 0 Å². The number of nitrogen functional groups attached to an aromatic ring is 1. The lowest BCUT2D eigenvalue weighted by atomic mass is 10.1. The number of nitrogens with two attached hydrogens (primary N) is 3. The largest absolute Gasteiger partial charge is 0.461 e. The molecule has 4 rings (SSSR count). The molecule has 3 aromatic heterocycles. The van der Waals surface area contributed by atoms with Gasteiger partial charge in [-0.15, -0.1) is 10.2 Å². The zero-order valence-corrected chi connectivity index (χ0v) is 17.6. The van der Waals surface area contributed by atoms with Crippen molar-refractivity contribution in [3.8, 4) is 11.6 Å². The Bertz CT molecular complexity index is 1200. The molecule has 0 radical (unpaired) electrons. The Morgan fingerprint density at radius 2 is 2.00 bits per heavy atom. The van der Waals surface area contributed by atoms with Crippen LogP contribution < -0.4 is 22.6 Å². The SMILES string of the molecule is CCCN(N)/N=C(\N)c1ccc(CCNc2nc(N)n3nc(-c4ccco4)nc3n2)cc1. The highest BCUT2D eigenvalue weighted by Gasteiger charge is 2.13. The number of nitrogens with one attached hydrogen (secondary N) is 1. The third kappa shape index (κ3) is 4.75. The average Bonchev–Trinajstić information content (AvgIpc) is 3.44. The molecule has 0 amide bonds. The van der Waals surface area contributed by atoms with Crippen molar-refractivity contribution in [2.45, 2.75) is 19.8 Å². The summed E-state index contributed by atoms with van der Waals surface area (Å²) in [5.41, 5.74) is 14.0. The van der Waals surface area contributed by atoms with E-state index in [-0.39, 0.29) is 5.95 Å². The average molecular weight is 435 g/mol. The Labute approximate surface area is 184 Å². The fourth-order valence-electron chi connectivity index (χ4n) is 3.03. The molecule has 166 valence electrons. The molecule has 12 nitrogen and oxygen atoms in total. The lowest BCUT2D eigenvalue weighted by Gasteiger charge is -2.12. The first kappa shape index (κ1) is 21.1. The van der Waals surface area contributed by atoms with Crippen LogP contribution >= 0.6 is 0 Å². The Morgan fingerprint density at radius 3 is 2.72 bits per heavy atom. The van der Waals surface area contributed by atoms with Gasteiger partial charge in [-0.3, -0.25) is 0 Å². The number of rotatable bonds is 9. The summed E-state index contributed by atoms with van der Waals surface area (Å²) in [5, 5.41) is 13.0. The van der Waals surface area contributed by atoms with Crippen molar-refractivity contribution in [3.63, 3.8) is 0 Å². The third-order valence-electron chi connectivity index (χ3n) is 4.61. The Kier molecular flexibility index (Phi) is 6.12. The van der Waals surface area contributed by atoms with Gasteiger partial charge in [-0.2, -0.15) is 19.5 Å². The number of amidine groups is 1. The minimum Gasteiger partial charge on any atom is -0.461 e. The topological polar surface area (TPSA) is 175 Å². The molecule has 0 bridgehead atoms. The minimum atomic E-state index is 0.180. The lowest BCUT2D eigenvalue weighted by molar-refractivity contribution is 0.299. The van der Waals surface area contributed by atoms with Gasteiger partial charge < -0.3 is 21.2 Å². The molecule has 1 aromatic carbocycles. The van der Waals surface area contributed by atoms with Crippen molar-refractivity contribution in [1.29, 1.82) is 0 Å². The van der Waals surface area contributed by atoms with Crippen LogP contribution in [-0.2, 0) is 6.42 Å². The molecule has 0 saturated heterocycles. The van der Waals surface area contributed by atoms with Gasteiger partial charge >= 0.3 is 0 Å². The van der Waals surface area contributed by atoms with Crippen LogP contribution in [0.3, 0.4) is 0 Å². The third-order valence-corrected chi connectivity index (χ3v) is 4.61. The number of benzene rings is 1. The first-order chi connectivity index (χ1) is 15.5. The number of nitrogens with zero attached hydrogens (tertiary/aromatic N) is 7. The highest BCUT2D eigenvalue weighted by Crippen LogP contribution is 2.17. The van der Waals surface area contributed by atoms with Crippen molar-refractivity contribution in [1.82, 2.24) is 29.7 Å². The Balaban J connectivity index is 1.38. The molecule has 0 aliphatic rings. The highest BCUT2D eigenvalue weighted by atomic mass is 16.3. The second kappa shape index (κ2) is 9.31. The number of hydrazine groups is 1. The minimum absolute atomic E-state index is 0.180. The Morgan fingerprint density at radius 1 is 1.19 bits per heavy atom. The summed E-state index contributed by atoms with van der Waals surface area (Å²) in [6, 6.07) is 11.3. The van der Waals surface area contributed by atoms with Gasteiger partial charge in [0.2, 0.25) is 17.7 Å². The molecule has 32 heavy (non-hydrogen) atoms. The van der Waals surface area contributed by atoms with Crippen LogP contribution in [0.4, 0.5) is 11.9 Å². The maximum Gasteiger partial charge on any atom is 0.259 e. The van der Waals surface area contributed by atoms with E-state index in [1.54, 1.807) is 18.4 Å². The summed E-state index contributed by atoms with van der Waals surface area (Å²) in [4.78, 5) is 13.0. The van der Waals surface area contributed by atoms with Crippen molar-refractivity contribution in [2.75, 3.05) is 24.1 Å². The summed E-state index contributed by atoms with van der Waals surface area (Å²) in [5.74, 6) is 7.96. The fraction of sp³-hybridized carbons (Fsp3) is 0.250. The van der Waals surface area contributed by atoms with E-state index in [4.69, 9.17) is 21.7 Å². The summed E-state index contributed by atoms with van der Waals surface area (Å²) in [7, 11) is 0. The molecule has 0 fully saturated rings. The van der Waals surface area contributed by atoms with E-state index in [9.17, 15) is 0 Å². The first-order valence-corrected chi connectivity index (χ1v) is 10.2. The van der Waals surface area contributed by atoms with Crippen LogP contribution in [0, 0.1) is 0 Å². The van der Waals surface area contributed by atoms with Gasteiger partial charge in [-0.1, -0.05) is 31.2 Å². The molecule has 12 heteroatoms. The molecule has 0 aliphatic heterocycles. The summed E-state index contributed by atoms with van der Waals surface area (Å²) in [6.07, 6.45) is 3.19. The maximum absolute atomic E-state index is 6.01. The predicted octanol–water partition coefficient (Wildman–Crippen LogP) is 1.22. The number of furan rings is 1. The second-order valence-electron chi connectivity index (χ2n) is 7.05. The van der Waals surface area contributed by atoms with Crippen LogP contribution in [0.15, 0.2) is 52.2 Å². The van der Waals surface area contributed by atoms with Crippen LogP contribution in [0.5, 0.6) is 0 Å². The summed E-state index contributed by atoms with van der Waals surface area (Å²) >= 11 is 0. The van der Waals surface area contributed by atoms with Gasteiger partial charge in [0.05, 0.1) is 12.8 Å². The normalized spacial score (nSPS) is 11.8. The van der Waals surface area contributed by atoms with Gasteiger partial charge in [-0.25, -0.2) is 11.0 Å². The van der Waals surface area contributed by atoms with Crippen LogP contribution in [0.1, 0.15) is 24.5 Å². The van der Waals surface area contributed by atoms with Gasteiger partial charge in [0.15, 0.2) is 11.6 Å². The van der Waals surface area contributed by atoms with Gasteiger partial charge in [0.25, 0.3) is 5.78 Å². The molecule has 4 aromatic rings.